The van der Waals surface area contributed by atoms with Crippen molar-refractivity contribution in [1.82, 2.24) is 25.1 Å². The van der Waals surface area contributed by atoms with Gasteiger partial charge in [0.15, 0.2) is 5.75 Å². The molecule has 1 saturated heterocycles. The predicted octanol–water partition coefficient (Wildman–Crippen LogP) is 4.26. The first-order chi connectivity index (χ1) is 20.3. The molecule has 43 heavy (non-hydrogen) atoms. The minimum absolute atomic E-state index is 0.105. The van der Waals surface area contributed by atoms with Crippen LogP contribution in [0.5, 0.6) is 5.88 Å². The van der Waals surface area contributed by atoms with Gasteiger partial charge in [0.25, 0.3) is 5.91 Å². The van der Waals surface area contributed by atoms with Crippen molar-refractivity contribution < 1.29 is 35.9 Å². The number of benzene rings is 1. The van der Waals surface area contributed by atoms with E-state index < -0.39 is 27.9 Å². The van der Waals surface area contributed by atoms with Gasteiger partial charge in [0, 0.05) is 35.6 Å². The molecule has 4 aromatic rings. The molecule has 3 aromatic heterocycles. The van der Waals surface area contributed by atoms with Crippen molar-refractivity contribution in [3.05, 3.63) is 46.7 Å². The number of anilines is 2. The van der Waals surface area contributed by atoms with Gasteiger partial charge in [-0.15, -0.1) is 11.3 Å². The first-order valence-electron chi connectivity index (χ1n) is 13.0. The molecule has 12 nitrogen and oxygen atoms in total. The molecule has 0 bridgehead atoms. The average Bonchev–Trinajstić information content (AvgIpc) is 3.56. The molecule has 17 heteroatoms. The molecule has 0 unspecified atom stereocenters. The summed E-state index contributed by atoms with van der Waals surface area (Å²) in [6.07, 6.45) is -1.84. The lowest BCUT2D eigenvalue weighted by atomic mass is 10.0. The Labute approximate surface area is 248 Å². The number of halogens is 3. The van der Waals surface area contributed by atoms with E-state index in [1.807, 2.05) is 18.6 Å². The smallest absolute Gasteiger partial charge is 0.404 e. The fourth-order valence-corrected chi connectivity index (χ4v) is 6.67. The Hall–Kier alpha value is -3.80. The van der Waals surface area contributed by atoms with Crippen molar-refractivity contribution in [2.24, 2.45) is 0 Å². The molecule has 230 valence electrons. The van der Waals surface area contributed by atoms with Crippen molar-refractivity contribution in [3.8, 4) is 17.0 Å². The van der Waals surface area contributed by atoms with Crippen LogP contribution in [-0.2, 0) is 21.3 Å². The van der Waals surface area contributed by atoms with Crippen LogP contribution in [0.1, 0.15) is 29.3 Å². The predicted molar refractivity (Wildman–Crippen MR) is 155 cm³/mol. The Kier molecular flexibility index (Phi) is 8.60. The van der Waals surface area contributed by atoms with E-state index >= 15 is 0 Å². The van der Waals surface area contributed by atoms with Gasteiger partial charge in [-0.3, -0.25) is 19.5 Å². The number of ether oxygens (including phenoxy) is 2. The van der Waals surface area contributed by atoms with Crippen LogP contribution in [0.4, 0.5) is 24.5 Å². The van der Waals surface area contributed by atoms with Crippen LogP contribution in [0.2, 0.25) is 0 Å². The van der Waals surface area contributed by atoms with Crippen molar-refractivity contribution in [3.63, 3.8) is 0 Å². The Bertz CT molecular complexity index is 1730. The third kappa shape index (κ3) is 7.59. The monoisotopic (exact) mass is 639 g/mol. The van der Waals surface area contributed by atoms with Crippen LogP contribution in [0, 0.1) is 0 Å². The molecule has 1 fully saturated rings. The number of thiazole rings is 1. The summed E-state index contributed by atoms with van der Waals surface area (Å²) in [5.74, 6) is -2.74. The molecule has 1 aromatic carbocycles. The molecule has 0 saturated carbocycles. The zero-order valence-corrected chi connectivity index (χ0v) is 24.9. The highest BCUT2D eigenvalue weighted by Crippen LogP contribution is 2.34. The zero-order chi connectivity index (χ0) is 30.9. The molecule has 1 aliphatic rings. The number of rotatable bonds is 9. The van der Waals surface area contributed by atoms with Gasteiger partial charge in [-0.2, -0.15) is 18.3 Å². The molecule has 0 aliphatic carbocycles. The van der Waals surface area contributed by atoms with Crippen LogP contribution >= 0.6 is 11.3 Å². The maximum absolute atomic E-state index is 13.2. The van der Waals surface area contributed by atoms with Gasteiger partial charge < -0.3 is 14.8 Å². The lowest BCUT2D eigenvalue weighted by molar-refractivity contribution is -0.106. The number of nitrogens with zero attached hydrogens (tertiary/aromatic N) is 4. The Morgan fingerprint density at radius 2 is 1.88 bits per heavy atom. The van der Waals surface area contributed by atoms with Crippen LogP contribution in [-0.4, -0.2) is 83.7 Å². The fourth-order valence-electron chi connectivity index (χ4n) is 4.87. The van der Waals surface area contributed by atoms with Gasteiger partial charge in [-0.1, -0.05) is 0 Å². The molecule has 0 spiro atoms. The number of aromatic amines is 1. The molecule has 2 atom stereocenters. The van der Waals surface area contributed by atoms with E-state index in [9.17, 15) is 26.4 Å². The van der Waals surface area contributed by atoms with Gasteiger partial charge in [-0.25, -0.2) is 18.4 Å². The summed E-state index contributed by atoms with van der Waals surface area (Å²) in [6, 6.07) is 4.60. The number of nitrogens with one attached hydrogen (secondary N) is 3. The number of H-pyrrole nitrogens is 1. The average molecular weight is 640 g/mol. The summed E-state index contributed by atoms with van der Waals surface area (Å²) in [6.45, 7) is 6.16. The summed E-state index contributed by atoms with van der Waals surface area (Å²) < 4.78 is 75.3. The standard InChI is InChI=1S/C26H28F3N7O5S2/c1-14-9-36(10-15(2)41-14)11-23-32-22(12-42-23)24(37)33-19-4-16(5-20-18(19)8-31-34-20)17-6-21(25(40-3)30-7-17)35-43(38,39)13-26(27,28)29/h4-8,12,14-15,35H,9-11,13H2,1-3H3,(H,31,34)(H,33,37)/t14-,15-/m0/s1. The van der Waals surface area contributed by atoms with Gasteiger partial charge >= 0.3 is 6.18 Å². The number of carbonyl (C=O) groups is 1. The summed E-state index contributed by atoms with van der Waals surface area (Å²) >= 11 is 1.38. The number of aromatic nitrogens is 4. The lowest BCUT2D eigenvalue weighted by Crippen LogP contribution is -2.44. The second kappa shape index (κ2) is 12.1. The number of alkyl halides is 3. The number of sulfonamides is 1. The van der Waals surface area contributed by atoms with E-state index in [0.717, 1.165) is 18.1 Å². The summed E-state index contributed by atoms with van der Waals surface area (Å²) in [5, 5.41) is 12.8. The number of methoxy groups -OCH3 is 1. The van der Waals surface area contributed by atoms with E-state index in [2.05, 4.69) is 30.4 Å². The molecule has 5 rings (SSSR count). The quantitative estimate of drug-likeness (QED) is 0.244. The van der Waals surface area contributed by atoms with E-state index in [0.29, 0.717) is 34.3 Å². The van der Waals surface area contributed by atoms with Crippen molar-refractivity contribution >= 4 is 49.5 Å². The minimum Gasteiger partial charge on any atom is -0.480 e. The van der Waals surface area contributed by atoms with Gasteiger partial charge in [0.05, 0.1) is 43.3 Å². The molecular weight excluding hydrogens is 611 g/mol. The molecule has 1 amide bonds. The minimum atomic E-state index is -4.94. The molecule has 0 radical (unpaired) electrons. The highest BCUT2D eigenvalue weighted by Gasteiger charge is 2.35. The largest absolute Gasteiger partial charge is 0.480 e. The number of amides is 1. The highest BCUT2D eigenvalue weighted by molar-refractivity contribution is 7.92. The van der Waals surface area contributed by atoms with Crippen LogP contribution < -0.4 is 14.8 Å². The topological polar surface area (TPSA) is 151 Å². The second-order valence-electron chi connectivity index (χ2n) is 10.1. The third-order valence-corrected chi connectivity index (χ3v) is 8.51. The van der Waals surface area contributed by atoms with Crippen molar-refractivity contribution in [2.45, 2.75) is 38.8 Å². The van der Waals surface area contributed by atoms with E-state index in [-0.39, 0.29) is 29.5 Å². The summed E-state index contributed by atoms with van der Waals surface area (Å²) in [5.41, 5.74) is 1.68. The second-order valence-corrected chi connectivity index (χ2v) is 12.8. The number of hydrogen-bond donors (Lipinski definition) is 3. The first kappa shape index (κ1) is 30.7. The highest BCUT2D eigenvalue weighted by atomic mass is 32.2. The number of morpholine rings is 1. The van der Waals surface area contributed by atoms with Gasteiger partial charge in [0.1, 0.15) is 16.4 Å². The van der Waals surface area contributed by atoms with Crippen LogP contribution in [0.15, 0.2) is 36.0 Å². The maximum Gasteiger partial charge on any atom is 0.404 e. The number of pyridine rings is 1. The molecule has 3 N–H and O–H groups in total. The Morgan fingerprint density at radius 1 is 1.16 bits per heavy atom. The SMILES string of the molecule is COc1ncc(-c2cc(NC(=O)c3csc(CN4C[C@H](C)O[C@@H](C)C4)n3)c3cn[nH]c3c2)cc1NS(=O)(=O)CC(F)(F)F. The van der Waals surface area contributed by atoms with E-state index in [1.54, 1.807) is 17.5 Å². The number of carbonyl (C=O) groups excluding carboxylic acids is 1. The van der Waals surface area contributed by atoms with Gasteiger partial charge in [0.2, 0.25) is 15.9 Å². The van der Waals surface area contributed by atoms with E-state index in [4.69, 9.17) is 9.47 Å². The third-order valence-electron chi connectivity index (χ3n) is 6.44. The van der Waals surface area contributed by atoms with E-state index in [1.165, 1.54) is 36.9 Å². The van der Waals surface area contributed by atoms with Crippen LogP contribution in [0.25, 0.3) is 22.0 Å². The Balaban J connectivity index is 1.39. The maximum atomic E-state index is 13.2. The summed E-state index contributed by atoms with van der Waals surface area (Å²) in [4.78, 5) is 24.0. The van der Waals surface area contributed by atoms with Gasteiger partial charge in [-0.05, 0) is 37.6 Å². The zero-order valence-electron chi connectivity index (χ0n) is 23.2. The Morgan fingerprint density at radius 3 is 2.58 bits per heavy atom. The van der Waals surface area contributed by atoms with Crippen LogP contribution in [0.3, 0.4) is 0 Å². The lowest BCUT2D eigenvalue weighted by Gasteiger charge is -2.34. The molecule has 1 aliphatic heterocycles. The molecular formula is C26H28F3N7O5S2. The molecule has 4 heterocycles. The number of hydrogen-bond acceptors (Lipinski definition) is 10. The fraction of sp³-hybridized carbons (Fsp3) is 0.385. The first-order valence-corrected chi connectivity index (χ1v) is 15.5. The van der Waals surface area contributed by atoms with Crippen molar-refractivity contribution in [2.75, 3.05) is 36.0 Å². The van der Waals surface area contributed by atoms with Crippen molar-refractivity contribution in [1.29, 1.82) is 0 Å². The summed E-state index contributed by atoms with van der Waals surface area (Å²) in [7, 11) is -3.59. The number of fused-ring (bicyclic) bond motifs is 1. The normalized spacial score (nSPS) is 18.1.